The Morgan fingerprint density at radius 2 is 2.17 bits per heavy atom. The number of carbonyl (C=O) groups excluding carboxylic acids is 1. The first-order valence-corrected chi connectivity index (χ1v) is 8.69. The number of hydrogen-bond donors (Lipinski definition) is 1. The van der Waals surface area contributed by atoms with E-state index in [0.29, 0.717) is 24.0 Å². The highest BCUT2D eigenvalue weighted by Crippen LogP contribution is 2.26. The zero-order valence-corrected chi connectivity index (χ0v) is 14.7. The number of carbonyl (C=O) groups is 1. The van der Waals surface area contributed by atoms with E-state index in [1.807, 2.05) is 37.4 Å². The lowest BCUT2D eigenvalue weighted by Crippen LogP contribution is -2.41. The highest BCUT2D eigenvalue weighted by molar-refractivity contribution is 6.30. The summed E-state index contributed by atoms with van der Waals surface area (Å²) in [6.45, 7) is 2.96. The molecule has 1 N–H and O–H groups in total. The summed E-state index contributed by atoms with van der Waals surface area (Å²) < 4.78 is 0. The summed E-state index contributed by atoms with van der Waals surface area (Å²) in [6.07, 6.45) is 3.93. The average Bonchev–Trinajstić information content (AvgIpc) is 3.10. The highest BCUT2D eigenvalue weighted by Gasteiger charge is 2.23. The van der Waals surface area contributed by atoms with Crippen molar-refractivity contribution in [3.63, 3.8) is 0 Å². The molecule has 128 valence electrons. The summed E-state index contributed by atoms with van der Waals surface area (Å²) in [5, 5.41) is 7.79. The maximum absolute atomic E-state index is 12.4. The SMILES string of the molecule is CN(Cc1cccc(Cl)c1)C(=O)CN1CCC(c2ccn[nH]2)CC1. The van der Waals surface area contributed by atoms with E-state index in [2.05, 4.69) is 15.1 Å². The Kier molecular flexibility index (Phi) is 5.53. The molecular formula is C18H23ClN4O. The lowest BCUT2D eigenvalue weighted by atomic mass is 9.94. The molecule has 1 aliphatic rings. The summed E-state index contributed by atoms with van der Waals surface area (Å²) in [5.74, 6) is 0.679. The van der Waals surface area contributed by atoms with E-state index < -0.39 is 0 Å². The number of nitrogens with zero attached hydrogens (tertiary/aromatic N) is 3. The summed E-state index contributed by atoms with van der Waals surface area (Å²) >= 11 is 6.00. The molecule has 6 heteroatoms. The number of aromatic nitrogens is 2. The number of H-pyrrole nitrogens is 1. The molecule has 0 aliphatic carbocycles. The van der Waals surface area contributed by atoms with E-state index >= 15 is 0 Å². The first-order chi connectivity index (χ1) is 11.6. The van der Waals surface area contributed by atoms with Crippen molar-refractivity contribution in [1.29, 1.82) is 0 Å². The van der Waals surface area contributed by atoms with Crippen LogP contribution in [0.3, 0.4) is 0 Å². The van der Waals surface area contributed by atoms with Crippen LogP contribution < -0.4 is 0 Å². The quantitative estimate of drug-likeness (QED) is 0.905. The number of nitrogens with one attached hydrogen (secondary N) is 1. The topological polar surface area (TPSA) is 52.2 Å². The first-order valence-electron chi connectivity index (χ1n) is 8.32. The minimum Gasteiger partial charge on any atom is -0.340 e. The predicted molar refractivity (Wildman–Crippen MR) is 94.9 cm³/mol. The number of amides is 1. The van der Waals surface area contributed by atoms with Crippen molar-refractivity contribution in [3.05, 3.63) is 52.8 Å². The number of rotatable bonds is 5. The molecule has 0 atom stereocenters. The van der Waals surface area contributed by atoms with Gasteiger partial charge in [-0.3, -0.25) is 14.8 Å². The molecule has 1 amide bonds. The molecule has 0 unspecified atom stereocenters. The van der Waals surface area contributed by atoms with Crippen molar-refractivity contribution in [3.8, 4) is 0 Å². The van der Waals surface area contributed by atoms with Crippen LogP contribution in [0.1, 0.15) is 30.0 Å². The summed E-state index contributed by atoms with van der Waals surface area (Å²) in [4.78, 5) is 16.5. The Morgan fingerprint density at radius 3 is 2.83 bits per heavy atom. The number of likely N-dealkylation sites (tertiary alicyclic amines) is 1. The maximum Gasteiger partial charge on any atom is 0.236 e. The fourth-order valence-electron chi connectivity index (χ4n) is 3.21. The van der Waals surface area contributed by atoms with E-state index in [-0.39, 0.29) is 5.91 Å². The first kappa shape index (κ1) is 17.0. The largest absolute Gasteiger partial charge is 0.340 e. The Hall–Kier alpha value is -1.85. The van der Waals surface area contributed by atoms with Gasteiger partial charge in [0, 0.05) is 36.4 Å². The molecular weight excluding hydrogens is 324 g/mol. The second-order valence-electron chi connectivity index (χ2n) is 6.44. The number of hydrogen-bond acceptors (Lipinski definition) is 3. The second-order valence-corrected chi connectivity index (χ2v) is 6.88. The second kappa shape index (κ2) is 7.81. The zero-order chi connectivity index (χ0) is 16.9. The molecule has 0 radical (unpaired) electrons. The van der Waals surface area contributed by atoms with Gasteiger partial charge < -0.3 is 4.90 Å². The number of halogens is 1. The van der Waals surface area contributed by atoms with E-state index in [1.165, 1.54) is 5.69 Å². The van der Waals surface area contributed by atoms with Gasteiger partial charge in [-0.15, -0.1) is 0 Å². The smallest absolute Gasteiger partial charge is 0.236 e. The molecule has 24 heavy (non-hydrogen) atoms. The van der Waals surface area contributed by atoms with Crippen molar-refractivity contribution in [1.82, 2.24) is 20.0 Å². The third-order valence-electron chi connectivity index (χ3n) is 4.64. The number of piperidine rings is 1. The minimum atomic E-state index is 0.148. The summed E-state index contributed by atoms with van der Waals surface area (Å²) in [6, 6.07) is 9.70. The molecule has 0 spiro atoms. The van der Waals surface area contributed by atoms with Crippen LogP contribution >= 0.6 is 11.6 Å². The van der Waals surface area contributed by atoms with Crippen LogP contribution in [0.25, 0.3) is 0 Å². The van der Waals surface area contributed by atoms with Crippen molar-refractivity contribution in [2.75, 3.05) is 26.7 Å². The van der Waals surface area contributed by atoms with Gasteiger partial charge in [-0.2, -0.15) is 5.10 Å². The van der Waals surface area contributed by atoms with Gasteiger partial charge in [0.2, 0.25) is 5.91 Å². The molecule has 3 rings (SSSR count). The summed E-state index contributed by atoms with van der Waals surface area (Å²) in [7, 11) is 1.85. The third kappa shape index (κ3) is 4.36. The lowest BCUT2D eigenvalue weighted by Gasteiger charge is -2.32. The molecule has 1 aromatic carbocycles. The van der Waals surface area contributed by atoms with Crippen LogP contribution in [0.4, 0.5) is 0 Å². The Balaban J connectivity index is 1.47. The standard InChI is InChI=1S/C18H23ClN4O/c1-22(12-14-3-2-4-16(19)11-14)18(24)13-23-9-6-15(7-10-23)17-5-8-20-21-17/h2-5,8,11,15H,6-7,9-10,12-13H2,1H3,(H,20,21). The number of aromatic amines is 1. The Morgan fingerprint density at radius 1 is 1.38 bits per heavy atom. The van der Waals surface area contributed by atoms with E-state index in [1.54, 1.807) is 11.1 Å². The summed E-state index contributed by atoms with van der Waals surface area (Å²) in [5.41, 5.74) is 2.26. The van der Waals surface area contributed by atoms with Crippen LogP contribution in [0.2, 0.25) is 5.02 Å². The van der Waals surface area contributed by atoms with E-state index in [9.17, 15) is 4.79 Å². The average molecular weight is 347 g/mol. The normalized spacial score (nSPS) is 16.2. The highest BCUT2D eigenvalue weighted by atomic mass is 35.5. The molecule has 1 fully saturated rings. The number of likely N-dealkylation sites (N-methyl/N-ethyl adjacent to an activating group) is 1. The van der Waals surface area contributed by atoms with Gasteiger partial charge >= 0.3 is 0 Å². The van der Waals surface area contributed by atoms with Gasteiger partial charge in [-0.05, 0) is 49.7 Å². The monoisotopic (exact) mass is 346 g/mol. The van der Waals surface area contributed by atoms with Gasteiger partial charge in [0.05, 0.1) is 6.54 Å². The van der Waals surface area contributed by atoms with Crippen LogP contribution in [-0.4, -0.2) is 52.6 Å². The van der Waals surface area contributed by atoms with Crippen molar-refractivity contribution in [2.24, 2.45) is 0 Å². The Bertz CT molecular complexity index is 665. The minimum absolute atomic E-state index is 0.148. The van der Waals surface area contributed by atoms with Gasteiger partial charge in [0.15, 0.2) is 0 Å². The van der Waals surface area contributed by atoms with Crippen LogP contribution in [0.5, 0.6) is 0 Å². The van der Waals surface area contributed by atoms with Crippen molar-refractivity contribution >= 4 is 17.5 Å². The number of benzene rings is 1. The Labute approximate surface area is 147 Å². The maximum atomic E-state index is 12.4. The predicted octanol–water partition coefficient (Wildman–Crippen LogP) is 2.90. The molecule has 1 aromatic heterocycles. The molecule has 1 aliphatic heterocycles. The fourth-order valence-corrected chi connectivity index (χ4v) is 3.42. The van der Waals surface area contributed by atoms with Gasteiger partial charge in [0.25, 0.3) is 0 Å². The van der Waals surface area contributed by atoms with Crippen LogP contribution in [0, 0.1) is 0 Å². The third-order valence-corrected chi connectivity index (χ3v) is 4.88. The molecule has 0 saturated carbocycles. The van der Waals surface area contributed by atoms with Gasteiger partial charge in [-0.25, -0.2) is 0 Å². The van der Waals surface area contributed by atoms with Crippen molar-refractivity contribution < 1.29 is 4.79 Å². The van der Waals surface area contributed by atoms with E-state index in [4.69, 9.17) is 11.6 Å². The lowest BCUT2D eigenvalue weighted by molar-refractivity contribution is -0.131. The zero-order valence-electron chi connectivity index (χ0n) is 13.9. The van der Waals surface area contributed by atoms with Gasteiger partial charge in [0.1, 0.15) is 0 Å². The molecule has 0 bridgehead atoms. The van der Waals surface area contributed by atoms with Crippen molar-refractivity contribution in [2.45, 2.75) is 25.3 Å². The molecule has 5 nitrogen and oxygen atoms in total. The molecule has 1 saturated heterocycles. The molecule has 2 heterocycles. The molecule has 2 aromatic rings. The van der Waals surface area contributed by atoms with E-state index in [0.717, 1.165) is 31.5 Å². The van der Waals surface area contributed by atoms with Gasteiger partial charge in [-0.1, -0.05) is 23.7 Å². The van der Waals surface area contributed by atoms with Crippen LogP contribution in [0.15, 0.2) is 36.5 Å². The van der Waals surface area contributed by atoms with Crippen LogP contribution in [-0.2, 0) is 11.3 Å². The fraction of sp³-hybridized carbons (Fsp3) is 0.444.